The molecule has 0 spiro atoms. The van der Waals surface area contributed by atoms with Gasteiger partial charge in [0.05, 0.1) is 0 Å². The van der Waals surface area contributed by atoms with Crippen LogP contribution in [-0.4, -0.2) is 9.52 Å². The molecular weight excluding hydrogens is 735 g/mol. The fraction of sp³-hybridized carbons (Fsp3) is 0.150. The maximum atomic E-state index is 4.93. The molecule has 0 aliphatic rings. The molecule has 0 aliphatic heterocycles. The topological polar surface area (TPSA) is 0 Å². The fourth-order valence-corrected chi connectivity index (χ4v) is 7.94. The number of fused-ring (bicyclic) bond motifs is 4. The number of rotatable bonds is 4. The third kappa shape index (κ3) is 7.87. The molecule has 46 heavy (non-hydrogen) atoms. The molecule has 0 unspecified atom stereocenters. The molecule has 8 aromatic rings. The van der Waals surface area contributed by atoms with Crippen molar-refractivity contribution < 1.29 is 20.8 Å². The summed E-state index contributed by atoms with van der Waals surface area (Å²) in [6.07, 6.45) is 2.19. The summed E-state index contributed by atoms with van der Waals surface area (Å²) in [7, 11) is 11.0. The van der Waals surface area contributed by atoms with Gasteiger partial charge in [0.25, 0.3) is 0 Å². The van der Waals surface area contributed by atoms with Gasteiger partial charge in [0.15, 0.2) is 0 Å². The van der Waals surface area contributed by atoms with Crippen LogP contribution in [0.5, 0.6) is 0 Å². The van der Waals surface area contributed by atoms with Gasteiger partial charge in [0.2, 0.25) is 0 Å². The molecule has 0 saturated carbocycles. The summed E-state index contributed by atoms with van der Waals surface area (Å²) < 4.78 is 0. The molecule has 0 nitrogen and oxygen atoms in total. The van der Waals surface area contributed by atoms with Crippen LogP contribution in [0.3, 0.4) is 0 Å². The van der Waals surface area contributed by atoms with Crippen molar-refractivity contribution in [3.63, 3.8) is 0 Å². The Morgan fingerprint density at radius 2 is 0.978 bits per heavy atom. The number of hydrogen-bond acceptors (Lipinski definition) is 2. The molecule has 0 fully saturated rings. The first-order valence-electron chi connectivity index (χ1n) is 15.4. The number of hydrogen-bond donors (Lipinski definition) is 0. The minimum absolute atomic E-state index is 0.826. The Bertz CT molecular complexity index is 2000. The minimum atomic E-state index is -0.826. The Morgan fingerprint density at radius 3 is 1.37 bits per heavy atom. The Labute approximate surface area is 302 Å². The van der Waals surface area contributed by atoms with Crippen molar-refractivity contribution in [3.8, 4) is 20.9 Å². The average molecular weight is 771 g/mol. The van der Waals surface area contributed by atoms with E-state index in [1.54, 1.807) is 0 Å². The molecule has 2 aromatic heterocycles. The van der Waals surface area contributed by atoms with E-state index in [0.29, 0.717) is 0 Å². The zero-order valence-electron chi connectivity index (χ0n) is 26.5. The maximum absolute atomic E-state index is 4.93. The van der Waals surface area contributed by atoms with Crippen LogP contribution in [0.2, 0.25) is 13.1 Å². The second kappa shape index (κ2) is 17.2. The van der Waals surface area contributed by atoms with Crippen LogP contribution < -0.4 is 0 Å². The number of benzene rings is 4. The molecule has 2 heterocycles. The van der Waals surface area contributed by atoms with E-state index in [9.17, 15) is 0 Å². The van der Waals surface area contributed by atoms with E-state index in [2.05, 4.69) is 147 Å². The van der Waals surface area contributed by atoms with Crippen LogP contribution in [0.25, 0.3) is 64.0 Å². The van der Waals surface area contributed by atoms with E-state index < -0.39 is 20.8 Å². The summed E-state index contributed by atoms with van der Waals surface area (Å²) in [6, 6.07) is 39.9. The second-order valence-corrected chi connectivity index (χ2v) is 17.4. The Kier molecular flexibility index (Phi) is 13.1. The van der Waals surface area contributed by atoms with E-state index in [-0.39, 0.29) is 0 Å². The molecule has 6 heteroatoms. The quantitative estimate of drug-likeness (QED) is 0.123. The van der Waals surface area contributed by atoms with Crippen LogP contribution in [0.1, 0.15) is 25.0 Å². The number of halogens is 2. The molecule has 6 aromatic carbocycles. The summed E-state index contributed by atoms with van der Waals surface area (Å²) >= 11 is 2.87. The van der Waals surface area contributed by atoms with Crippen LogP contribution in [0, 0.1) is 0 Å². The summed E-state index contributed by atoms with van der Waals surface area (Å²) in [5.41, 5.74) is 5.59. The van der Waals surface area contributed by atoms with Gasteiger partial charge in [-0.3, -0.25) is 0 Å². The van der Waals surface area contributed by atoms with Crippen molar-refractivity contribution in [2.75, 3.05) is 0 Å². The van der Waals surface area contributed by atoms with E-state index in [1.807, 2.05) is 22.7 Å². The monoisotopic (exact) mass is 768 g/mol. The second-order valence-electron chi connectivity index (χ2n) is 10.9. The molecule has 0 N–H and O–H groups in total. The van der Waals surface area contributed by atoms with Gasteiger partial charge in [0, 0.05) is 19.3 Å². The summed E-state index contributed by atoms with van der Waals surface area (Å²) in [5.74, 6) is 0. The Hall–Kier alpha value is -2.30. The summed E-state index contributed by atoms with van der Waals surface area (Å²) in [6.45, 7) is 8.74. The zero-order chi connectivity index (χ0) is 32.5. The van der Waals surface area contributed by atoms with Gasteiger partial charge < -0.3 is 0 Å². The van der Waals surface area contributed by atoms with Gasteiger partial charge >= 0.3 is 37.9 Å². The average Bonchev–Trinajstić information content (AvgIpc) is 3.89. The van der Waals surface area contributed by atoms with Gasteiger partial charge in [-0.25, -0.2) is 0 Å². The molecule has 230 valence electrons. The van der Waals surface area contributed by atoms with Crippen molar-refractivity contribution in [1.29, 1.82) is 0 Å². The molecule has 0 saturated heterocycles. The predicted octanol–water partition coefficient (Wildman–Crippen LogP) is 14.2. The first-order valence-corrected chi connectivity index (χ1v) is 25.5. The number of aryl methyl sites for hydroxylation is 2. The molecular formula is C40H36Cl2S2SiZr. The molecule has 0 aliphatic carbocycles. The van der Waals surface area contributed by atoms with E-state index >= 15 is 0 Å². The molecule has 0 bridgehead atoms. The van der Waals surface area contributed by atoms with Gasteiger partial charge in [0.1, 0.15) is 0 Å². The van der Waals surface area contributed by atoms with Crippen molar-refractivity contribution in [3.05, 3.63) is 131 Å². The number of thiophene rings is 2. The van der Waals surface area contributed by atoms with Crippen LogP contribution in [0.4, 0.5) is 0 Å². The van der Waals surface area contributed by atoms with Crippen molar-refractivity contribution in [2.45, 2.75) is 39.8 Å². The third-order valence-corrected chi connectivity index (χ3v) is 10.0. The van der Waals surface area contributed by atoms with Crippen LogP contribution in [0.15, 0.2) is 120 Å². The van der Waals surface area contributed by atoms with Gasteiger partial charge in [-0.15, -0.1) is 91.7 Å². The van der Waals surface area contributed by atoms with Crippen LogP contribution in [-0.2, 0) is 33.7 Å². The van der Waals surface area contributed by atoms with E-state index in [0.717, 1.165) is 22.4 Å². The molecule has 2 radical (unpaired) electrons. The Morgan fingerprint density at radius 1 is 0.587 bits per heavy atom. The summed E-state index contributed by atoms with van der Waals surface area (Å²) in [5, 5.41) is 15.4. The van der Waals surface area contributed by atoms with Crippen molar-refractivity contribution in [1.82, 2.24) is 0 Å². The van der Waals surface area contributed by atoms with Gasteiger partial charge in [-0.2, -0.15) is 12.1 Å². The van der Waals surface area contributed by atoms with Gasteiger partial charge in [-0.1, -0.05) is 98.7 Å². The SMILES string of the molecule is CCc1cc2c(-c3scc4ccccc34)cccc2[cH-]1.CCc1cc2c(-c3scc4ccccc34)cccc2[cH-]1.C[Si]C.[Cl][Zr+2][Cl]. The molecule has 8 rings (SSSR count). The van der Waals surface area contributed by atoms with Crippen molar-refractivity contribution >= 4 is 92.3 Å². The normalized spacial score (nSPS) is 10.6. The zero-order valence-corrected chi connectivity index (χ0v) is 33.1. The van der Waals surface area contributed by atoms with Gasteiger partial charge in [-0.05, 0) is 45.1 Å². The van der Waals surface area contributed by atoms with E-state index in [4.69, 9.17) is 17.0 Å². The summed E-state index contributed by atoms with van der Waals surface area (Å²) in [4.78, 5) is 2.78. The predicted molar refractivity (Wildman–Crippen MR) is 209 cm³/mol. The Balaban J connectivity index is 0.000000155. The fourth-order valence-electron chi connectivity index (χ4n) is 5.80. The van der Waals surface area contributed by atoms with Crippen molar-refractivity contribution in [2.24, 2.45) is 0 Å². The first kappa shape index (κ1) is 35.0. The molecule has 0 amide bonds. The molecule has 0 atom stereocenters. The van der Waals surface area contributed by atoms with Crippen LogP contribution >= 0.6 is 39.7 Å². The first-order chi connectivity index (χ1) is 22.6. The third-order valence-electron chi connectivity index (χ3n) is 7.95. The van der Waals surface area contributed by atoms with E-state index in [1.165, 1.54) is 75.1 Å². The standard InChI is InChI=1S/2C19H15S.C2H6Si.2ClH.Zr/c2*1-2-13-10-14-7-5-9-17(18(14)11-13)19-16-8-4-3-6-15(16)12-20-19;1-3-2;;;/h2*3-12H,2H2,1H3;1-2H3;2*1H;/q2*-1;;;;+4/p-2.